The first-order chi connectivity index (χ1) is 42.5. The van der Waals surface area contributed by atoms with E-state index in [4.69, 9.17) is 16.0 Å². The van der Waals surface area contributed by atoms with Gasteiger partial charge in [-0.1, -0.05) is 146 Å². The minimum absolute atomic E-state index is 0.647. The maximum absolute atomic E-state index is 9.64. The van der Waals surface area contributed by atoms with E-state index in [0.29, 0.717) is 11.3 Å². The SMILES string of the molecule is N#Cc1ccc2c3c(cccc13)-c1ccc(-c3cc4ccc5cc(-c6ccc7ccccc7c6)cc6ccc(c3)c4c56)cc1O2.[C-]#[N+]c1ccc2c3c(cccc13)-c1cc(-c3cc4ccc5cc(-c6cccnc6)cc6ccc(c3)c4c56)ccc1O2. The molecule has 86 heavy (non-hydrogen) atoms. The van der Waals surface area contributed by atoms with Crippen molar-refractivity contribution in [2.75, 3.05) is 0 Å². The highest BCUT2D eigenvalue weighted by Gasteiger charge is 2.25. The second-order valence-electron chi connectivity index (χ2n) is 22.8. The smallest absolute Gasteiger partial charge is 0.195 e. The molecular weight excluding hydrogens is 1050 g/mol. The summed E-state index contributed by atoms with van der Waals surface area (Å²) in [6.45, 7) is 7.62. The van der Waals surface area contributed by atoms with E-state index in [1.54, 1.807) is 0 Å². The molecular formula is C81H43N3O2. The van der Waals surface area contributed by atoms with E-state index in [9.17, 15) is 5.26 Å². The lowest BCUT2D eigenvalue weighted by atomic mass is 9.88. The molecule has 0 saturated heterocycles. The van der Waals surface area contributed by atoms with Crippen molar-refractivity contribution in [2.24, 2.45) is 0 Å². The van der Waals surface area contributed by atoms with Crippen LogP contribution in [0.15, 0.2) is 261 Å². The number of nitriles is 1. The normalized spacial score (nSPS) is 12.1. The Labute approximate surface area is 493 Å². The Morgan fingerprint density at radius 3 is 1.36 bits per heavy atom. The summed E-state index contributed by atoms with van der Waals surface area (Å²) in [6.07, 6.45) is 3.73. The zero-order valence-corrected chi connectivity index (χ0v) is 46.0. The molecule has 16 aromatic carbocycles. The number of rotatable bonds is 4. The second-order valence-corrected chi connectivity index (χ2v) is 22.8. The summed E-state index contributed by atoms with van der Waals surface area (Å²) in [5, 5.41) is 31.2. The molecule has 0 unspecified atom stereocenters. The molecule has 19 rings (SSSR count). The minimum Gasteiger partial charge on any atom is -0.456 e. The van der Waals surface area contributed by atoms with E-state index in [0.717, 1.165) is 89.1 Å². The molecule has 2 aliphatic heterocycles. The standard InChI is InChI=1S/C43H23NO.C38H20N2O/c44-24-33-15-17-39-43-36(33)6-3-7-38(43)37-16-14-28(23-40(37)45-39)35-21-31-12-10-29-19-34(20-30-11-13-32(22-35)42(31)41(29)30)27-9-8-25-4-1-2-5-26(25)18-27;1-39-33-12-14-35-38-30(5-2-6-31(33)38)32-20-22(11-13-34(32)41-35)28-16-23-7-9-25-18-29(27-4-3-15-40-21-27)19-26-10-8-24(17-28)36(23)37(25)26/h1-23H;2-21H. The minimum atomic E-state index is 0.647. The van der Waals surface area contributed by atoms with Crippen molar-refractivity contribution >= 4 is 103 Å². The number of hydrogen-bond donors (Lipinski definition) is 0. The van der Waals surface area contributed by atoms with Gasteiger partial charge >= 0.3 is 0 Å². The van der Waals surface area contributed by atoms with E-state index < -0.39 is 0 Å². The molecule has 17 aromatic rings. The van der Waals surface area contributed by atoms with Gasteiger partial charge in [-0.3, -0.25) is 4.98 Å². The molecule has 0 fully saturated rings. The van der Waals surface area contributed by atoms with Gasteiger partial charge in [0.1, 0.15) is 23.0 Å². The molecule has 1 aromatic heterocycles. The first-order valence-electron chi connectivity index (χ1n) is 28.9. The fraction of sp³-hybridized carbons (Fsp3) is 0. The highest BCUT2D eigenvalue weighted by atomic mass is 16.5. The Kier molecular flexibility index (Phi) is 10.2. The zero-order valence-electron chi connectivity index (χ0n) is 46.0. The van der Waals surface area contributed by atoms with Gasteiger partial charge in [0.05, 0.1) is 18.2 Å². The molecule has 0 spiro atoms. The van der Waals surface area contributed by atoms with Crippen molar-refractivity contribution in [1.82, 2.24) is 4.98 Å². The summed E-state index contributed by atoms with van der Waals surface area (Å²) >= 11 is 0. The summed E-state index contributed by atoms with van der Waals surface area (Å²) < 4.78 is 12.8. The Hall–Kier alpha value is -11.9. The van der Waals surface area contributed by atoms with Crippen LogP contribution in [0.3, 0.4) is 0 Å². The number of ether oxygens (including phenoxy) is 2. The maximum atomic E-state index is 9.64. The molecule has 0 radical (unpaired) electrons. The molecule has 0 aliphatic carbocycles. The van der Waals surface area contributed by atoms with Gasteiger partial charge in [0, 0.05) is 45.2 Å². The molecule has 3 heterocycles. The molecule has 0 atom stereocenters. The summed E-state index contributed by atoms with van der Waals surface area (Å²) in [4.78, 5) is 8.06. The summed E-state index contributed by atoms with van der Waals surface area (Å²) in [5.74, 6) is 3.27. The largest absolute Gasteiger partial charge is 0.456 e. The van der Waals surface area contributed by atoms with Crippen LogP contribution >= 0.6 is 0 Å². The number of benzene rings is 16. The molecule has 2 aliphatic rings. The zero-order chi connectivity index (χ0) is 56.7. The number of pyridine rings is 1. The summed E-state index contributed by atoms with van der Waals surface area (Å²) in [6, 6.07) is 90.9. The van der Waals surface area contributed by atoms with Crippen LogP contribution in [-0.4, -0.2) is 4.98 Å². The molecule has 0 bridgehead atoms. The first-order valence-corrected chi connectivity index (χ1v) is 28.9. The highest BCUT2D eigenvalue weighted by Crippen LogP contribution is 2.52. The number of aromatic nitrogens is 1. The summed E-state index contributed by atoms with van der Waals surface area (Å²) in [7, 11) is 0. The van der Waals surface area contributed by atoms with Crippen LogP contribution in [-0.2, 0) is 0 Å². The third-order valence-corrected chi connectivity index (χ3v) is 18.0. The fourth-order valence-corrected chi connectivity index (χ4v) is 14.0. The molecule has 5 heteroatoms. The van der Waals surface area contributed by atoms with Gasteiger partial charge in [0.15, 0.2) is 5.69 Å². The predicted octanol–water partition coefficient (Wildman–Crippen LogP) is 22.7. The quantitative estimate of drug-likeness (QED) is 0.130. The van der Waals surface area contributed by atoms with Crippen molar-refractivity contribution in [2.45, 2.75) is 0 Å². The third-order valence-electron chi connectivity index (χ3n) is 18.0. The van der Waals surface area contributed by atoms with E-state index in [1.165, 1.54) is 97.7 Å². The highest BCUT2D eigenvalue weighted by molar-refractivity contribution is 6.26. The van der Waals surface area contributed by atoms with Crippen LogP contribution in [0.4, 0.5) is 5.69 Å². The lowest BCUT2D eigenvalue weighted by Gasteiger charge is -2.22. The Bertz CT molecular complexity index is 5740. The van der Waals surface area contributed by atoms with Gasteiger partial charge in [-0.25, -0.2) is 4.85 Å². The van der Waals surface area contributed by atoms with E-state index in [-0.39, 0.29) is 0 Å². The van der Waals surface area contributed by atoms with Crippen molar-refractivity contribution in [3.8, 4) is 95.8 Å². The Balaban J connectivity index is 0.000000130. The molecule has 0 saturated carbocycles. The summed E-state index contributed by atoms with van der Waals surface area (Å²) in [5.41, 5.74) is 15.0. The van der Waals surface area contributed by atoms with Crippen molar-refractivity contribution in [1.29, 1.82) is 5.26 Å². The van der Waals surface area contributed by atoms with E-state index in [1.807, 2.05) is 67.0 Å². The topological polar surface area (TPSA) is 59.5 Å². The van der Waals surface area contributed by atoms with Crippen LogP contribution in [0.5, 0.6) is 23.0 Å². The van der Waals surface area contributed by atoms with Crippen molar-refractivity contribution in [3.63, 3.8) is 0 Å². The van der Waals surface area contributed by atoms with Gasteiger partial charge in [-0.2, -0.15) is 5.26 Å². The monoisotopic (exact) mass is 1090 g/mol. The molecule has 0 N–H and O–H groups in total. The van der Waals surface area contributed by atoms with Gasteiger partial charge < -0.3 is 9.47 Å². The van der Waals surface area contributed by atoms with Crippen LogP contribution in [0.2, 0.25) is 0 Å². The van der Waals surface area contributed by atoms with E-state index in [2.05, 4.69) is 210 Å². The lowest BCUT2D eigenvalue weighted by Crippen LogP contribution is -1.98. The number of hydrogen-bond acceptors (Lipinski definition) is 4. The average Bonchev–Trinajstić information content (AvgIpc) is 1.21. The maximum Gasteiger partial charge on any atom is 0.195 e. The van der Waals surface area contributed by atoms with Gasteiger partial charge in [0.25, 0.3) is 0 Å². The number of nitrogens with zero attached hydrogens (tertiary/aromatic N) is 3. The molecule has 5 nitrogen and oxygen atoms in total. The van der Waals surface area contributed by atoms with Crippen LogP contribution in [0, 0.1) is 17.9 Å². The van der Waals surface area contributed by atoms with Crippen molar-refractivity contribution in [3.05, 3.63) is 278 Å². The lowest BCUT2D eigenvalue weighted by molar-refractivity contribution is 0.487. The average molecular weight is 1090 g/mol. The second kappa shape index (κ2) is 18.3. The number of fused-ring (bicyclic) bond motifs is 5. The van der Waals surface area contributed by atoms with E-state index >= 15 is 0 Å². The van der Waals surface area contributed by atoms with Crippen LogP contribution in [0.1, 0.15) is 5.56 Å². The van der Waals surface area contributed by atoms with Gasteiger partial charge in [0.2, 0.25) is 0 Å². The van der Waals surface area contributed by atoms with Crippen molar-refractivity contribution < 1.29 is 9.47 Å². The van der Waals surface area contributed by atoms with Gasteiger partial charge in [-0.05, 0) is 234 Å². The third kappa shape index (κ3) is 7.26. The van der Waals surface area contributed by atoms with Crippen LogP contribution < -0.4 is 9.47 Å². The fourth-order valence-electron chi connectivity index (χ4n) is 14.0. The van der Waals surface area contributed by atoms with Gasteiger partial charge in [-0.15, -0.1) is 0 Å². The van der Waals surface area contributed by atoms with Crippen LogP contribution in [0.25, 0.3) is 169 Å². The Morgan fingerprint density at radius 2 is 0.779 bits per heavy atom. The predicted molar refractivity (Wildman–Crippen MR) is 354 cm³/mol. The molecule has 0 amide bonds. The first kappa shape index (κ1) is 47.7. The Morgan fingerprint density at radius 1 is 0.314 bits per heavy atom. The molecule has 394 valence electrons.